The molecule has 3 rings (SSSR count). The van der Waals surface area contributed by atoms with Gasteiger partial charge in [0.25, 0.3) is 5.56 Å². The van der Waals surface area contributed by atoms with Gasteiger partial charge in [-0.1, -0.05) is 0 Å². The van der Waals surface area contributed by atoms with Gasteiger partial charge in [0.15, 0.2) is 0 Å². The van der Waals surface area contributed by atoms with Gasteiger partial charge < -0.3 is 0 Å². The first-order valence-electron chi connectivity index (χ1n) is 6.19. The molecule has 0 aliphatic carbocycles. The lowest BCUT2D eigenvalue weighted by molar-refractivity contribution is 0.648. The van der Waals surface area contributed by atoms with Crippen LogP contribution in [0.4, 0.5) is 0 Å². The molecule has 0 N–H and O–H groups in total. The van der Waals surface area contributed by atoms with Gasteiger partial charge in [-0.2, -0.15) is 5.10 Å². The lowest BCUT2D eigenvalue weighted by Gasteiger charge is -2.07. The van der Waals surface area contributed by atoms with Gasteiger partial charge in [0, 0.05) is 10.6 Å². The fourth-order valence-corrected chi connectivity index (χ4v) is 2.72. The van der Waals surface area contributed by atoms with Crippen molar-refractivity contribution in [1.82, 2.24) is 19.3 Å². The normalized spacial score (nSPS) is 11.2. The van der Waals surface area contributed by atoms with Crippen molar-refractivity contribution in [2.75, 3.05) is 0 Å². The molecule has 20 heavy (non-hydrogen) atoms. The van der Waals surface area contributed by atoms with Crippen molar-refractivity contribution < 1.29 is 0 Å². The number of hydrogen-bond acceptors (Lipinski definition) is 3. The average Bonchev–Trinajstić information content (AvgIpc) is 2.72. The minimum Gasteiger partial charge on any atom is -0.293 e. The van der Waals surface area contributed by atoms with Crippen LogP contribution in [0.25, 0.3) is 10.9 Å². The van der Waals surface area contributed by atoms with E-state index in [-0.39, 0.29) is 5.56 Å². The van der Waals surface area contributed by atoms with Crippen LogP contribution in [-0.4, -0.2) is 19.3 Å². The Balaban J connectivity index is 2.11. The van der Waals surface area contributed by atoms with E-state index >= 15 is 0 Å². The lowest BCUT2D eigenvalue weighted by atomic mass is 10.2. The van der Waals surface area contributed by atoms with E-state index in [0.717, 1.165) is 20.5 Å². The maximum atomic E-state index is 12.5. The molecule has 0 bridgehead atoms. The van der Waals surface area contributed by atoms with Crippen molar-refractivity contribution in [3.8, 4) is 0 Å². The summed E-state index contributed by atoms with van der Waals surface area (Å²) in [4.78, 5) is 16.8. The van der Waals surface area contributed by atoms with Crippen LogP contribution >= 0.6 is 22.6 Å². The van der Waals surface area contributed by atoms with E-state index in [4.69, 9.17) is 0 Å². The number of nitrogens with zero attached hydrogens (tertiary/aromatic N) is 4. The molecule has 0 spiro atoms. The molecule has 0 saturated carbocycles. The molecule has 6 heteroatoms. The molecule has 0 saturated heterocycles. The molecule has 0 fully saturated rings. The van der Waals surface area contributed by atoms with Crippen LogP contribution < -0.4 is 5.56 Å². The summed E-state index contributed by atoms with van der Waals surface area (Å²) in [5.41, 5.74) is 2.63. The second-order valence-electron chi connectivity index (χ2n) is 4.74. The van der Waals surface area contributed by atoms with Crippen LogP contribution in [0.1, 0.15) is 11.4 Å². The van der Waals surface area contributed by atoms with Crippen molar-refractivity contribution in [3.05, 3.63) is 55.9 Å². The Bertz CT molecular complexity index is 850. The first-order chi connectivity index (χ1) is 9.54. The number of rotatable bonds is 2. The zero-order chi connectivity index (χ0) is 14.3. The highest BCUT2D eigenvalue weighted by Gasteiger charge is 2.08. The Labute approximate surface area is 129 Å². The predicted molar refractivity (Wildman–Crippen MR) is 85.8 cm³/mol. The highest BCUT2D eigenvalue weighted by Crippen LogP contribution is 2.12. The van der Waals surface area contributed by atoms with Gasteiger partial charge >= 0.3 is 0 Å². The molecule has 0 unspecified atom stereocenters. The monoisotopic (exact) mass is 380 g/mol. The summed E-state index contributed by atoms with van der Waals surface area (Å²) in [6, 6.07) is 7.67. The van der Waals surface area contributed by atoms with E-state index in [1.54, 1.807) is 15.6 Å². The van der Waals surface area contributed by atoms with Crippen molar-refractivity contribution in [2.45, 2.75) is 13.5 Å². The average molecular weight is 380 g/mol. The molecule has 1 aromatic carbocycles. The standard InChI is InChI=1S/C14H13IN4O/c1-9-5-11(18(2)17-9)7-19-8-16-13-4-3-10(15)6-12(13)14(19)20/h3-6,8H,7H2,1-2H3. The lowest BCUT2D eigenvalue weighted by Crippen LogP contribution is -2.22. The van der Waals surface area contributed by atoms with E-state index in [0.29, 0.717) is 11.9 Å². The van der Waals surface area contributed by atoms with E-state index in [1.807, 2.05) is 38.2 Å². The number of benzene rings is 1. The van der Waals surface area contributed by atoms with Gasteiger partial charge in [0.1, 0.15) is 0 Å². The summed E-state index contributed by atoms with van der Waals surface area (Å²) in [6.07, 6.45) is 1.60. The third-order valence-electron chi connectivity index (χ3n) is 3.22. The van der Waals surface area contributed by atoms with E-state index in [1.165, 1.54) is 0 Å². The summed E-state index contributed by atoms with van der Waals surface area (Å²) in [5, 5.41) is 4.94. The first-order valence-corrected chi connectivity index (χ1v) is 7.27. The van der Waals surface area contributed by atoms with Crippen LogP contribution in [0.5, 0.6) is 0 Å². The maximum absolute atomic E-state index is 12.5. The smallest absolute Gasteiger partial charge is 0.261 e. The summed E-state index contributed by atoms with van der Waals surface area (Å²) in [7, 11) is 1.88. The predicted octanol–water partition coefficient (Wildman–Crippen LogP) is 2.09. The van der Waals surface area contributed by atoms with Gasteiger partial charge in [0.2, 0.25) is 0 Å². The topological polar surface area (TPSA) is 52.7 Å². The minimum atomic E-state index is -0.0210. The largest absolute Gasteiger partial charge is 0.293 e. The highest BCUT2D eigenvalue weighted by molar-refractivity contribution is 14.1. The number of halogens is 1. The maximum Gasteiger partial charge on any atom is 0.261 e. The Morgan fingerprint density at radius 3 is 2.80 bits per heavy atom. The molecule has 2 aromatic heterocycles. The number of aryl methyl sites for hydroxylation is 2. The summed E-state index contributed by atoms with van der Waals surface area (Å²) >= 11 is 2.20. The molecule has 0 aliphatic heterocycles. The molecule has 102 valence electrons. The van der Waals surface area contributed by atoms with Gasteiger partial charge in [-0.25, -0.2) is 4.98 Å². The summed E-state index contributed by atoms with van der Waals surface area (Å²) in [6.45, 7) is 2.41. The summed E-state index contributed by atoms with van der Waals surface area (Å²) < 4.78 is 4.44. The van der Waals surface area contributed by atoms with E-state index in [2.05, 4.69) is 32.7 Å². The number of aromatic nitrogens is 4. The van der Waals surface area contributed by atoms with Crippen LogP contribution in [0.15, 0.2) is 35.4 Å². The third kappa shape index (κ3) is 2.35. The van der Waals surface area contributed by atoms with Crippen LogP contribution in [0, 0.1) is 10.5 Å². The Hall–Kier alpha value is -1.70. The molecular weight excluding hydrogens is 367 g/mol. The Kier molecular flexibility index (Phi) is 3.33. The van der Waals surface area contributed by atoms with Crippen molar-refractivity contribution in [1.29, 1.82) is 0 Å². The molecule has 0 amide bonds. The molecule has 0 atom stereocenters. The Morgan fingerprint density at radius 2 is 2.10 bits per heavy atom. The molecule has 0 aliphatic rings. The zero-order valence-corrected chi connectivity index (χ0v) is 13.3. The Morgan fingerprint density at radius 1 is 1.30 bits per heavy atom. The zero-order valence-electron chi connectivity index (χ0n) is 11.2. The van der Waals surface area contributed by atoms with Crippen LogP contribution in [0.3, 0.4) is 0 Å². The quantitative estimate of drug-likeness (QED) is 0.640. The summed E-state index contributed by atoms with van der Waals surface area (Å²) in [5.74, 6) is 0. The second kappa shape index (κ2) is 5.01. The van der Waals surface area contributed by atoms with Crippen LogP contribution in [-0.2, 0) is 13.6 Å². The molecular formula is C14H13IN4O. The molecule has 2 heterocycles. The second-order valence-corrected chi connectivity index (χ2v) is 5.99. The van der Waals surface area contributed by atoms with Gasteiger partial charge in [-0.15, -0.1) is 0 Å². The van der Waals surface area contributed by atoms with E-state index < -0.39 is 0 Å². The minimum absolute atomic E-state index is 0.0210. The van der Waals surface area contributed by atoms with Gasteiger partial charge in [-0.05, 0) is 53.8 Å². The highest BCUT2D eigenvalue weighted by atomic mass is 127. The fraction of sp³-hybridized carbons (Fsp3) is 0.214. The van der Waals surface area contributed by atoms with Gasteiger partial charge in [0.05, 0.1) is 35.2 Å². The SMILES string of the molecule is Cc1cc(Cn2cnc3ccc(I)cc3c2=O)n(C)n1. The van der Waals surface area contributed by atoms with Crippen molar-refractivity contribution in [2.24, 2.45) is 7.05 Å². The first kappa shape index (κ1) is 13.3. The third-order valence-corrected chi connectivity index (χ3v) is 3.89. The van der Waals surface area contributed by atoms with Gasteiger partial charge in [-0.3, -0.25) is 14.0 Å². The fourth-order valence-electron chi connectivity index (χ4n) is 2.23. The molecule has 0 radical (unpaired) electrons. The number of hydrogen-bond donors (Lipinski definition) is 0. The van der Waals surface area contributed by atoms with Crippen molar-refractivity contribution >= 4 is 33.5 Å². The number of fused-ring (bicyclic) bond motifs is 1. The molecule has 3 aromatic rings. The van der Waals surface area contributed by atoms with E-state index in [9.17, 15) is 4.79 Å². The molecule has 5 nitrogen and oxygen atoms in total. The van der Waals surface area contributed by atoms with Crippen LogP contribution in [0.2, 0.25) is 0 Å². The van der Waals surface area contributed by atoms with Crippen molar-refractivity contribution in [3.63, 3.8) is 0 Å².